The van der Waals surface area contributed by atoms with E-state index in [2.05, 4.69) is 36.1 Å². The van der Waals surface area contributed by atoms with Crippen LogP contribution in [0.3, 0.4) is 0 Å². The van der Waals surface area contributed by atoms with Crippen molar-refractivity contribution in [3.05, 3.63) is 121 Å². The lowest BCUT2D eigenvalue weighted by Gasteiger charge is -2.28. The summed E-state index contributed by atoms with van der Waals surface area (Å²) >= 11 is 12.7. The number of likely N-dealkylation sites (N-methyl/N-ethyl adjacent to an activating group) is 2. The molecule has 0 saturated heterocycles. The molecule has 82 heavy (non-hydrogen) atoms. The number of hydrogen-bond donors (Lipinski definition) is 3. The van der Waals surface area contributed by atoms with Crippen LogP contribution in [0.2, 0.25) is 10.0 Å². The van der Waals surface area contributed by atoms with Gasteiger partial charge in [-0.25, -0.2) is 31.2 Å². The molecule has 0 heterocycles. The van der Waals surface area contributed by atoms with Crippen LogP contribution in [0.1, 0.15) is 96.1 Å². The highest BCUT2D eigenvalue weighted by molar-refractivity contribution is 7.91. The molecule has 2 aliphatic carbocycles. The Kier molecular flexibility index (Phi) is 25.7. The van der Waals surface area contributed by atoms with Gasteiger partial charge in [-0.1, -0.05) is 29.6 Å². The molecule has 2 amide bonds. The number of carbonyl (C=O) groups excluding carboxylic acids is 2. The Morgan fingerprint density at radius 3 is 1.77 bits per heavy atom. The highest BCUT2D eigenvalue weighted by Gasteiger charge is 2.39. The van der Waals surface area contributed by atoms with E-state index in [4.69, 9.17) is 58.2 Å². The summed E-state index contributed by atoms with van der Waals surface area (Å²) in [7, 11) is 0.433. The summed E-state index contributed by atoms with van der Waals surface area (Å²) in [4.78, 5) is 32.6. The molecule has 4 atom stereocenters. The van der Waals surface area contributed by atoms with Gasteiger partial charge in [0.15, 0.2) is 15.5 Å². The molecule has 3 N–H and O–H groups in total. The maximum absolute atomic E-state index is 13.2. The molecular weight excluding hydrogens is 1130 g/mol. The molecule has 0 aliphatic heterocycles. The third-order valence-corrected chi connectivity index (χ3v) is 18.0. The Hall–Kier alpha value is -5.40. The zero-order valence-corrected chi connectivity index (χ0v) is 50.8. The van der Waals surface area contributed by atoms with E-state index in [1.54, 1.807) is 49.4 Å². The Bertz CT molecular complexity index is 2930. The molecule has 4 aromatic carbocycles. The van der Waals surface area contributed by atoms with Gasteiger partial charge in [-0.2, -0.15) is 5.26 Å². The second-order valence-electron chi connectivity index (χ2n) is 20.8. The number of ketones is 1. The lowest BCUT2D eigenvalue weighted by molar-refractivity contribution is -0.119. The number of amides is 2. The Morgan fingerprint density at radius 2 is 1.17 bits per heavy atom. The van der Waals surface area contributed by atoms with Crippen molar-refractivity contribution >= 4 is 60.6 Å². The number of hydrogen-bond acceptors (Lipinski definition) is 15. The number of rotatable bonds is 35. The molecule has 0 spiro atoms. The molecular formula is C59H77Cl2N7O12S2. The lowest BCUT2D eigenvalue weighted by atomic mass is 10.0. The summed E-state index contributed by atoms with van der Waals surface area (Å²) in [5.74, 6) is 1.16. The minimum Gasteiger partial charge on any atom is -0.484 e. The molecule has 19 nitrogen and oxygen atoms in total. The number of nitriles is 1. The number of Topliss-reactive ketones (excluding diaryl/α,β-unsaturated/α-hetero) is 1. The standard InChI is InChI=1S/C59H77Cl2N7O12S2/c1-40-31-46(15-17-55(40)79-57-50-34-43(60)33-42(39-62)48(50)37-53(57)67(4)5)81(71,72)30-12-23-76-27-28-77-24-20-65-59(70)64-19-10-8-9-13-45(69)14-11-22-75-26-29-78-25-21-66-82(73,74)47-16-18-56(41(2)32-47)80-58-51-35-44(61)36-52(63-3)49(51)38-54(58)68(6)7/h15-18,31-36,53-54,57-58,66H,8-14,19-30,37-38H2,1-2,4-7H3,(H2,64,65,70)/t53-,54-,57-,58-/m0/s1. The van der Waals surface area contributed by atoms with Crippen molar-refractivity contribution in [1.82, 2.24) is 25.2 Å². The number of ether oxygens (including phenoxy) is 6. The van der Waals surface area contributed by atoms with Crippen molar-refractivity contribution in [2.24, 2.45) is 0 Å². The lowest BCUT2D eigenvalue weighted by Crippen LogP contribution is -2.37. The number of aryl methyl sites for hydroxylation is 2. The number of unbranched alkanes of at least 4 members (excludes halogenated alkanes) is 2. The average molecular weight is 1210 g/mol. The first-order valence-electron chi connectivity index (χ1n) is 27.6. The third kappa shape index (κ3) is 19.1. The van der Waals surface area contributed by atoms with Crippen LogP contribution in [0, 0.1) is 31.8 Å². The predicted molar refractivity (Wildman–Crippen MR) is 315 cm³/mol. The number of fused-ring (bicyclic) bond motifs is 2. The maximum Gasteiger partial charge on any atom is 0.314 e. The van der Waals surface area contributed by atoms with Gasteiger partial charge < -0.3 is 48.9 Å². The van der Waals surface area contributed by atoms with Gasteiger partial charge in [0.05, 0.1) is 85.5 Å². The summed E-state index contributed by atoms with van der Waals surface area (Å²) in [6.07, 6.45) is 4.49. The molecule has 0 bridgehead atoms. The second kappa shape index (κ2) is 32.0. The van der Waals surface area contributed by atoms with Crippen molar-refractivity contribution in [3.8, 4) is 17.6 Å². The van der Waals surface area contributed by atoms with Crippen molar-refractivity contribution in [2.45, 2.75) is 106 Å². The van der Waals surface area contributed by atoms with E-state index in [0.29, 0.717) is 109 Å². The number of halogens is 2. The highest BCUT2D eigenvalue weighted by atomic mass is 35.5. The zero-order chi connectivity index (χ0) is 59.4. The summed E-state index contributed by atoms with van der Waals surface area (Å²) in [6.45, 7) is 14.3. The van der Waals surface area contributed by atoms with Gasteiger partial charge in [0, 0.05) is 55.7 Å². The topological polar surface area (TPSA) is 229 Å². The first-order valence-corrected chi connectivity index (χ1v) is 31.5. The van der Waals surface area contributed by atoms with Crippen LogP contribution in [-0.4, -0.2) is 157 Å². The van der Waals surface area contributed by atoms with Crippen LogP contribution in [0.25, 0.3) is 4.85 Å². The van der Waals surface area contributed by atoms with Crippen LogP contribution in [0.5, 0.6) is 11.5 Å². The van der Waals surface area contributed by atoms with E-state index in [9.17, 15) is 31.7 Å². The van der Waals surface area contributed by atoms with Crippen LogP contribution >= 0.6 is 23.2 Å². The number of nitrogens with zero attached hydrogens (tertiary/aromatic N) is 4. The van der Waals surface area contributed by atoms with Crippen molar-refractivity contribution in [3.63, 3.8) is 0 Å². The van der Waals surface area contributed by atoms with Crippen LogP contribution < -0.4 is 24.8 Å². The quantitative estimate of drug-likeness (QED) is 0.0289. The average Bonchev–Trinajstić information content (AvgIpc) is 4.19. The largest absolute Gasteiger partial charge is 0.484 e. The Morgan fingerprint density at radius 1 is 0.646 bits per heavy atom. The van der Waals surface area contributed by atoms with E-state index in [0.717, 1.165) is 41.5 Å². The van der Waals surface area contributed by atoms with E-state index >= 15 is 0 Å². The van der Waals surface area contributed by atoms with Gasteiger partial charge in [0.2, 0.25) is 10.0 Å². The monoisotopic (exact) mass is 1210 g/mol. The fourth-order valence-corrected chi connectivity index (χ4v) is 12.8. The molecule has 2 aliphatic rings. The number of urea groups is 1. The number of benzene rings is 4. The summed E-state index contributed by atoms with van der Waals surface area (Å²) in [6, 6.07) is 18.4. The number of sulfone groups is 1. The van der Waals surface area contributed by atoms with Crippen molar-refractivity contribution in [1.29, 1.82) is 5.26 Å². The smallest absolute Gasteiger partial charge is 0.314 e. The van der Waals surface area contributed by atoms with E-state index in [1.807, 2.05) is 47.2 Å². The zero-order valence-electron chi connectivity index (χ0n) is 47.7. The number of sulfonamides is 1. The molecule has 23 heteroatoms. The highest BCUT2D eigenvalue weighted by Crippen LogP contribution is 2.45. The molecule has 0 unspecified atom stereocenters. The van der Waals surface area contributed by atoms with Gasteiger partial charge >= 0.3 is 6.03 Å². The van der Waals surface area contributed by atoms with Gasteiger partial charge in [-0.05, 0) is 175 Å². The third-order valence-electron chi connectivity index (χ3n) is 14.3. The first kappa shape index (κ1) is 65.7. The molecule has 0 aromatic heterocycles. The van der Waals surface area contributed by atoms with Crippen LogP contribution in [0.4, 0.5) is 10.5 Å². The van der Waals surface area contributed by atoms with Crippen molar-refractivity contribution in [2.75, 3.05) is 106 Å². The Labute approximate surface area is 494 Å². The summed E-state index contributed by atoms with van der Waals surface area (Å²) in [5.41, 5.74) is 5.90. The minimum atomic E-state index is -3.82. The maximum atomic E-state index is 13.2. The summed E-state index contributed by atoms with van der Waals surface area (Å²) < 4.78 is 90.4. The Balaban J connectivity index is 0.715. The number of nitrogens with one attached hydrogen (secondary N) is 3. The van der Waals surface area contributed by atoms with Gasteiger partial charge in [0.1, 0.15) is 29.5 Å². The molecule has 4 aromatic rings. The van der Waals surface area contributed by atoms with E-state index < -0.39 is 32.1 Å². The molecule has 0 fully saturated rings. The van der Waals surface area contributed by atoms with Crippen LogP contribution in [0.15, 0.2) is 70.5 Å². The van der Waals surface area contributed by atoms with Gasteiger partial charge in [-0.3, -0.25) is 4.79 Å². The normalized spacial score (nSPS) is 16.6. The minimum absolute atomic E-state index is 0.0384. The van der Waals surface area contributed by atoms with E-state index in [-0.39, 0.29) is 85.6 Å². The molecule has 6 rings (SSSR count). The summed E-state index contributed by atoms with van der Waals surface area (Å²) in [5, 5.41) is 16.2. The SMILES string of the molecule is [C-]#[N+]c1cc(Cl)cc2c1C[C@H](N(C)C)[C@H]2Oc1ccc(S(=O)(=O)NCCOCCOCCCC(=O)CCCCCNC(=O)NCCOCCOCCCS(=O)(=O)c2ccc(O[C@H]3c4cc(Cl)cc(C#N)c4C[C@@H]3N(C)C)c(C)c2)cc1C. The first-order chi connectivity index (χ1) is 39.2. The van der Waals surface area contributed by atoms with Crippen LogP contribution in [-0.2, 0) is 56.4 Å². The molecule has 0 radical (unpaired) electrons. The predicted octanol–water partition coefficient (Wildman–Crippen LogP) is 8.66. The second-order valence-corrected chi connectivity index (χ2v) is 25.5. The molecule has 446 valence electrons. The fourth-order valence-electron chi connectivity index (χ4n) is 9.90. The van der Waals surface area contributed by atoms with Crippen molar-refractivity contribution < 1.29 is 54.8 Å². The van der Waals surface area contributed by atoms with Gasteiger partial charge in [0.25, 0.3) is 0 Å². The van der Waals surface area contributed by atoms with E-state index in [1.165, 1.54) is 6.07 Å². The van der Waals surface area contributed by atoms with Gasteiger partial charge in [-0.15, -0.1) is 0 Å². The number of carbonyl (C=O) groups is 2. The molecule has 0 saturated carbocycles. The fraction of sp³-hybridized carbons (Fsp3) is 0.525.